The van der Waals surface area contributed by atoms with Crippen molar-refractivity contribution in [2.75, 3.05) is 0 Å². The Morgan fingerprint density at radius 2 is 1.00 bits per heavy atom. The number of carbonyl (C=O) groups is 2. The molecule has 0 unspecified atom stereocenters. The average Bonchev–Trinajstić information content (AvgIpc) is 1.36. The molecule has 0 aromatic carbocycles. The SMILES string of the molecule is O.O.O=C([O-])C(=O)[O-].[Sr+2]. The van der Waals surface area contributed by atoms with Gasteiger partial charge in [0, 0.05) is 0 Å². The number of carboxylic acid groups (broad SMARTS) is 2. The number of carboxylic acids is 2. The second kappa shape index (κ2) is 11.2. The third-order valence-electron chi connectivity index (χ3n) is 0.167. The smallest absolute Gasteiger partial charge is 0.543 e. The molecule has 0 spiro atoms. The quantitative estimate of drug-likeness (QED) is 0.291. The van der Waals surface area contributed by atoms with E-state index < -0.39 is 11.9 Å². The molecule has 7 heteroatoms. The predicted molar refractivity (Wildman–Crippen MR) is 23.0 cm³/mol. The van der Waals surface area contributed by atoms with Crippen LogP contribution in [0.25, 0.3) is 0 Å². The molecule has 0 heterocycles. The van der Waals surface area contributed by atoms with Crippen molar-refractivity contribution in [2.24, 2.45) is 0 Å². The third kappa shape index (κ3) is 17.8. The molecule has 6 nitrogen and oxygen atoms in total. The van der Waals surface area contributed by atoms with Crippen LogP contribution >= 0.6 is 0 Å². The van der Waals surface area contributed by atoms with E-state index in [2.05, 4.69) is 0 Å². The Balaban J connectivity index is -0.0000000417. The van der Waals surface area contributed by atoms with Gasteiger partial charge in [0.2, 0.25) is 0 Å². The number of carbonyl (C=O) groups excluding carboxylic acids is 2. The van der Waals surface area contributed by atoms with Gasteiger partial charge in [-0.1, -0.05) is 0 Å². The first-order valence-electron chi connectivity index (χ1n) is 1.07. The first-order valence-corrected chi connectivity index (χ1v) is 1.07. The number of hydrogen-bond acceptors (Lipinski definition) is 4. The van der Waals surface area contributed by atoms with Crippen molar-refractivity contribution in [3.63, 3.8) is 0 Å². The molecule has 0 aliphatic rings. The molecule has 0 rings (SSSR count). The van der Waals surface area contributed by atoms with Gasteiger partial charge in [-0.2, -0.15) is 0 Å². The van der Waals surface area contributed by atoms with Crippen molar-refractivity contribution in [3.8, 4) is 0 Å². The summed E-state index contributed by atoms with van der Waals surface area (Å²) in [4.78, 5) is 17.9. The minimum atomic E-state index is -2.19. The van der Waals surface area contributed by atoms with E-state index in [0.717, 1.165) is 0 Å². The Kier molecular flexibility index (Phi) is 28.3. The second-order valence-electron chi connectivity index (χ2n) is 0.575. The monoisotopic (exact) mass is 212 g/mol. The van der Waals surface area contributed by atoms with Crippen molar-refractivity contribution >= 4 is 57.4 Å². The minimum absolute atomic E-state index is 0. The van der Waals surface area contributed by atoms with Crippen LogP contribution < -0.4 is 10.2 Å². The predicted octanol–water partition coefficient (Wildman–Crippen LogP) is -5.54. The van der Waals surface area contributed by atoms with Gasteiger partial charge >= 0.3 is 45.5 Å². The van der Waals surface area contributed by atoms with Crippen LogP contribution in [0.15, 0.2) is 0 Å². The summed E-state index contributed by atoms with van der Waals surface area (Å²) in [5.41, 5.74) is 0. The van der Waals surface area contributed by atoms with Crippen LogP contribution in [-0.4, -0.2) is 68.4 Å². The summed E-state index contributed by atoms with van der Waals surface area (Å²) < 4.78 is 0. The van der Waals surface area contributed by atoms with Gasteiger partial charge in [-0.25, -0.2) is 0 Å². The summed E-state index contributed by atoms with van der Waals surface area (Å²) in [7, 11) is 0. The Labute approximate surface area is 87.4 Å². The molecule has 0 aliphatic heterocycles. The average molecular weight is 212 g/mol. The van der Waals surface area contributed by atoms with Gasteiger partial charge < -0.3 is 30.8 Å². The van der Waals surface area contributed by atoms with Crippen LogP contribution in [0.4, 0.5) is 0 Å². The van der Waals surface area contributed by atoms with Crippen LogP contribution in [0.2, 0.25) is 0 Å². The standard InChI is InChI=1S/C2H2O4.2H2O.Sr/c3-1(4)2(5)6;;;/h(H,3,4)(H,5,6);2*1H2;/q;;;+2/p-2. The first-order chi connectivity index (χ1) is 2.64. The minimum Gasteiger partial charge on any atom is -0.543 e. The summed E-state index contributed by atoms with van der Waals surface area (Å²) >= 11 is 0. The molecular formula is C2H4O6Sr. The summed E-state index contributed by atoms with van der Waals surface area (Å²) in [6.45, 7) is 0. The largest absolute Gasteiger partial charge is 2.00 e. The maximum absolute atomic E-state index is 8.93. The summed E-state index contributed by atoms with van der Waals surface area (Å²) in [6.07, 6.45) is 0. The van der Waals surface area contributed by atoms with E-state index in [9.17, 15) is 0 Å². The zero-order chi connectivity index (χ0) is 5.15. The van der Waals surface area contributed by atoms with E-state index in [-0.39, 0.29) is 56.4 Å². The molecule has 0 radical (unpaired) electrons. The van der Waals surface area contributed by atoms with E-state index in [0.29, 0.717) is 0 Å². The van der Waals surface area contributed by atoms with Gasteiger partial charge in [0.25, 0.3) is 0 Å². The molecule has 9 heavy (non-hydrogen) atoms. The molecule has 0 aliphatic carbocycles. The number of rotatable bonds is 0. The third-order valence-corrected chi connectivity index (χ3v) is 0.167. The topological polar surface area (TPSA) is 143 Å². The van der Waals surface area contributed by atoms with Crippen molar-refractivity contribution in [1.82, 2.24) is 0 Å². The summed E-state index contributed by atoms with van der Waals surface area (Å²) in [5, 5.41) is 17.9. The maximum atomic E-state index is 8.93. The molecule has 0 amide bonds. The molecule has 0 atom stereocenters. The van der Waals surface area contributed by atoms with Crippen molar-refractivity contribution < 1.29 is 30.8 Å². The summed E-state index contributed by atoms with van der Waals surface area (Å²) in [6, 6.07) is 0. The van der Waals surface area contributed by atoms with Gasteiger partial charge in [0.1, 0.15) is 0 Å². The molecule has 50 valence electrons. The van der Waals surface area contributed by atoms with Crippen molar-refractivity contribution in [1.29, 1.82) is 0 Å². The van der Waals surface area contributed by atoms with Gasteiger partial charge in [-0.15, -0.1) is 0 Å². The van der Waals surface area contributed by atoms with E-state index >= 15 is 0 Å². The molecule has 0 aromatic heterocycles. The van der Waals surface area contributed by atoms with E-state index in [1.807, 2.05) is 0 Å². The Morgan fingerprint density at radius 3 is 1.00 bits per heavy atom. The van der Waals surface area contributed by atoms with Crippen LogP contribution in [0.1, 0.15) is 0 Å². The number of hydrogen-bond donors (Lipinski definition) is 0. The first kappa shape index (κ1) is 22.8. The number of aliphatic carboxylic acids is 2. The second-order valence-corrected chi connectivity index (χ2v) is 0.575. The molecule has 4 N–H and O–H groups in total. The zero-order valence-electron chi connectivity index (χ0n) is 4.34. The van der Waals surface area contributed by atoms with Gasteiger partial charge in [0.05, 0.1) is 11.9 Å². The fourth-order valence-corrected chi connectivity index (χ4v) is 0. The fraction of sp³-hybridized carbons (Fsp3) is 0. The van der Waals surface area contributed by atoms with Crippen LogP contribution in [-0.2, 0) is 9.59 Å². The van der Waals surface area contributed by atoms with Crippen molar-refractivity contribution in [3.05, 3.63) is 0 Å². The maximum Gasteiger partial charge on any atom is 2.00 e. The molecular weight excluding hydrogens is 208 g/mol. The van der Waals surface area contributed by atoms with E-state index in [1.54, 1.807) is 0 Å². The molecule has 0 saturated carbocycles. The Hall–Kier alpha value is 0.341. The molecule has 0 bridgehead atoms. The van der Waals surface area contributed by atoms with Crippen molar-refractivity contribution in [2.45, 2.75) is 0 Å². The normalized spacial score (nSPS) is 4.89. The zero-order valence-corrected chi connectivity index (χ0v) is 7.82. The molecule has 0 aromatic rings. The van der Waals surface area contributed by atoms with E-state index in [1.165, 1.54) is 0 Å². The Bertz CT molecular complexity index is 77.1. The van der Waals surface area contributed by atoms with Crippen LogP contribution in [0.5, 0.6) is 0 Å². The van der Waals surface area contributed by atoms with Crippen LogP contribution in [0.3, 0.4) is 0 Å². The van der Waals surface area contributed by atoms with Gasteiger partial charge in [0.15, 0.2) is 0 Å². The van der Waals surface area contributed by atoms with E-state index in [4.69, 9.17) is 19.8 Å². The van der Waals surface area contributed by atoms with Gasteiger partial charge in [-0.05, 0) is 0 Å². The van der Waals surface area contributed by atoms with Crippen LogP contribution in [0, 0.1) is 0 Å². The molecule has 0 saturated heterocycles. The summed E-state index contributed by atoms with van der Waals surface area (Å²) in [5.74, 6) is -4.37. The van der Waals surface area contributed by atoms with Gasteiger partial charge in [-0.3, -0.25) is 0 Å². The Morgan fingerprint density at radius 1 is 0.889 bits per heavy atom. The molecule has 0 fully saturated rings. The fourth-order valence-electron chi connectivity index (χ4n) is 0.